The molecule has 1 aliphatic rings. The molecule has 1 atom stereocenters. The molecule has 5 nitrogen and oxygen atoms in total. The molecule has 0 bridgehead atoms. The number of thioether (sulfide) groups is 1. The summed E-state index contributed by atoms with van der Waals surface area (Å²) in [4.78, 5) is 19.8. The highest BCUT2D eigenvalue weighted by atomic mass is 32.2. The molecule has 1 aromatic heterocycles. The van der Waals surface area contributed by atoms with Crippen LogP contribution >= 0.6 is 11.8 Å². The van der Waals surface area contributed by atoms with E-state index >= 15 is 0 Å². The Kier molecular flexibility index (Phi) is 5.89. The van der Waals surface area contributed by atoms with Crippen molar-refractivity contribution in [1.82, 2.24) is 15.2 Å². The predicted octanol–water partition coefficient (Wildman–Crippen LogP) is 4.22. The zero-order chi connectivity index (χ0) is 19.6. The van der Waals surface area contributed by atoms with Gasteiger partial charge in [0.25, 0.3) is 0 Å². The van der Waals surface area contributed by atoms with Crippen molar-refractivity contribution in [2.45, 2.75) is 37.8 Å². The summed E-state index contributed by atoms with van der Waals surface area (Å²) in [6.45, 7) is 4.25. The van der Waals surface area contributed by atoms with Crippen molar-refractivity contribution in [2.75, 3.05) is 19.9 Å². The second kappa shape index (κ2) is 8.17. The van der Waals surface area contributed by atoms with Crippen molar-refractivity contribution in [1.29, 1.82) is 0 Å². The van der Waals surface area contributed by atoms with Crippen molar-refractivity contribution >= 4 is 17.8 Å². The van der Waals surface area contributed by atoms with Crippen LogP contribution in [-0.4, -0.2) is 35.8 Å². The summed E-state index contributed by atoms with van der Waals surface area (Å²) in [5, 5.41) is 3.03. The van der Waals surface area contributed by atoms with E-state index in [1.54, 1.807) is 43.1 Å². The first kappa shape index (κ1) is 19.5. The van der Waals surface area contributed by atoms with Gasteiger partial charge >= 0.3 is 6.03 Å². The normalized spacial score (nSPS) is 15.8. The Morgan fingerprint density at radius 3 is 2.96 bits per heavy atom. The quantitative estimate of drug-likeness (QED) is 0.850. The highest BCUT2D eigenvalue weighted by Gasteiger charge is 2.24. The fourth-order valence-corrected chi connectivity index (χ4v) is 4.41. The van der Waals surface area contributed by atoms with Gasteiger partial charge in [0.15, 0.2) is 0 Å². The van der Waals surface area contributed by atoms with Gasteiger partial charge in [0.2, 0.25) is 0 Å². The minimum Gasteiger partial charge on any atom is -0.496 e. The molecule has 0 radical (unpaired) electrons. The molecule has 144 valence electrons. The van der Waals surface area contributed by atoms with Crippen molar-refractivity contribution in [2.24, 2.45) is 0 Å². The maximum absolute atomic E-state index is 13.6. The number of halogens is 1. The van der Waals surface area contributed by atoms with E-state index in [1.807, 2.05) is 13.8 Å². The van der Waals surface area contributed by atoms with Crippen LogP contribution in [-0.2, 0) is 6.54 Å². The number of rotatable bonds is 4. The zero-order valence-corrected chi connectivity index (χ0v) is 16.8. The number of aryl methyl sites for hydroxylation is 1. The van der Waals surface area contributed by atoms with Gasteiger partial charge in [0.1, 0.15) is 11.6 Å². The number of amides is 2. The van der Waals surface area contributed by atoms with Crippen LogP contribution in [0.15, 0.2) is 29.3 Å². The minimum atomic E-state index is -0.282. The number of nitrogens with zero attached hydrogens (tertiary/aromatic N) is 2. The summed E-state index contributed by atoms with van der Waals surface area (Å²) in [7, 11) is 3.36. The van der Waals surface area contributed by atoms with Crippen molar-refractivity contribution in [3.8, 4) is 5.75 Å². The summed E-state index contributed by atoms with van der Waals surface area (Å²) in [5.74, 6) is 1.40. The van der Waals surface area contributed by atoms with Crippen LogP contribution in [0.5, 0.6) is 5.75 Å². The fourth-order valence-electron chi connectivity index (χ4n) is 3.30. The third kappa shape index (κ3) is 4.18. The molecule has 7 heteroatoms. The number of carbonyl (C=O) groups excluding carboxylic acids is 1. The number of aromatic nitrogens is 1. The van der Waals surface area contributed by atoms with E-state index in [1.165, 1.54) is 12.1 Å². The maximum Gasteiger partial charge on any atom is 0.317 e. The molecular weight excluding hydrogens is 365 g/mol. The Hall–Kier alpha value is -2.28. The van der Waals surface area contributed by atoms with Gasteiger partial charge in [-0.3, -0.25) is 4.98 Å². The monoisotopic (exact) mass is 389 g/mol. The lowest BCUT2D eigenvalue weighted by Crippen LogP contribution is -2.40. The second-order valence-electron chi connectivity index (χ2n) is 6.72. The molecule has 1 aliphatic heterocycles. The van der Waals surface area contributed by atoms with Gasteiger partial charge in [0, 0.05) is 35.0 Å². The highest BCUT2D eigenvalue weighted by molar-refractivity contribution is 7.99. The number of carbonyl (C=O) groups is 1. The Bertz CT molecular complexity index is 859. The Balaban J connectivity index is 1.72. The van der Waals surface area contributed by atoms with E-state index in [0.717, 1.165) is 45.2 Å². The summed E-state index contributed by atoms with van der Waals surface area (Å²) in [6.07, 6.45) is 2.53. The van der Waals surface area contributed by atoms with E-state index in [2.05, 4.69) is 10.3 Å². The van der Waals surface area contributed by atoms with Gasteiger partial charge in [-0.25, -0.2) is 9.18 Å². The van der Waals surface area contributed by atoms with E-state index in [-0.39, 0.29) is 17.9 Å². The molecule has 0 fully saturated rings. The molecule has 2 aromatic rings. The van der Waals surface area contributed by atoms with Gasteiger partial charge in [-0.15, -0.1) is 11.8 Å². The molecule has 0 unspecified atom stereocenters. The fraction of sp³-hybridized carbons (Fsp3) is 0.400. The van der Waals surface area contributed by atoms with Crippen LogP contribution in [0.2, 0.25) is 0 Å². The van der Waals surface area contributed by atoms with E-state index < -0.39 is 0 Å². The van der Waals surface area contributed by atoms with E-state index in [4.69, 9.17) is 4.74 Å². The van der Waals surface area contributed by atoms with E-state index in [9.17, 15) is 9.18 Å². The number of pyridine rings is 1. The summed E-state index contributed by atoms with van der Waals surface area (Å²) < 4.78 is 19.1. The van der Waals surface area contributed by atoms with Gasteiger partial charge in [-0.05, 0) is 44.0 Å². The lowest BCUT2D eigenvalue weighted by atomic mass is 10.0. The van der Waals surface area contributed by atoms with Gasteiger partial charge in [0.05, 0.1) is 25.4 Å². The molecule has 0 saturated carbocycles. The van der Waals surface area contributed by atoms with Crippen molar-refractivity contribution in [3.05, 3.63) is 52.6 Å². The molecule has 1 aromatic carbocycles. The maximum atomic E-state index is 13.6. The number of hydrogen-bond acceptors (Lipinski definition) is 4. The average Bonchev–Trinajstić information content (AvgIpc) is 2.65. The molecule has 1 N–H and O–H groups in total. The number of benzene rings is 1. The third-order valence-electron chi connectivity index (χ3n) is 4.79. The average molecular weight is 389 g/mol. The molecular formula is C20H24FN3O2S. The van der Waals surface area contributed by atoms with Gasteiger partial charge < -0.3 is 15.0 Å². The molecule has 2 heterocycles. The summed E-state index contributed by atoms with van der Waals surface area (Å²) in [5.41, 5.74) is 3.53. The van der Waals surface area contributed by atoms with E-state index in [0.29, 0.717) is 6.54 Å². The van der Waals surface area contributed by atoms with Crippen molar-refractivity contribution in [3.63, 3.8) is 0 Å². The Morgan fingerprint density at radius 2 is 2.22 bits per heavy atom. The van der Waals surface area contributed by atoms with Gasteiger partial charge in [-0.1, -0.05) is 0 Å². The topological polar surface area (TPSA) is 54.5 Å². The Labute approximate surface area is 163 Å². The molecule has 27 heavy (non-hydrogen) atoms. The van der Waals surface area contributed by atoms with Crippen LogP contribution in [0.25, 0.3) is 0 Å². The van der Waals surface area contributed by atoms with Crippen LogP contribution in [0.1, 0.15) is 34.8 Å². The SMILES string of the molecule is COc1c(C)cnc(CN(C)C(=O)N[C@@H]2CCSc3ccc(F)cc32)c1C. The third-order valence-corrected chi connectivity index (χ3v) is 5.92. The molecule has 2 amide bonds. The number of nitrogens with one attached hydrogen (secondary N) is 1. The molecule has 0 aliphatic carbocycles. The molecule has 0 saturated heterocycles. The zero-order valence-electron chi connectivity index (χ0n) is 16.0. The smallest absolute Gasteiger partial charge is 0.317 e. The first-order valence-electron chi connectivity index (χ1n) is 8.83. The number of hydrogen-bond donors (Lipinski definition) is 1. The Morgan fingerprint density at radius 1 is 1.44 bits per heavy atom. The predicted molar refractivity (Wildman–Crippen MR) is 105 cm³/mol. The van der Waals surface area contributed by atoms with Gasteiger partial charge in [-0.2, -0.15) is 0 Å². The number of ether oxygens (including phenoxy) is 1. The largest absolute Gasteiger partial charge is 0.496 e. The van der Waals surface area contributed by atoms with Crippen LogP contribution in [0.4, 0.5) is 9.18 Å². The van der Waals surface area contributed by atoms with Crippen molar-refractivity contribution < 1.29 is 13.9 Å². The lowest BCUT2D eigenvalue weighted by molar-refractivity contribution is 0.201. The first-order valence-corrected chi connectivity index (χ1v) is 9.82. The standard InChI is InChI=1S/C20H24FN3O2S/c1-12-10-22-17(13(2)19(12)26-4)11-24(3)20(25)23-16-7-8-27-18-6-5-14(21)9-15(16)18/h5-6,9-10,16H,7-8,11H2,1-4H3,(H,23,25)/t16-/m1/s1. The number of methoxy groups -OCH3 is 1. The number of urea groups is 1. The van der Waals surface area contributed by atoms with Crippen LogP contribution in [0, 0.1) is 19.7 Å². The summed E-state index contributed by atoms with van der Waals surface area (Å²) in [6, 6.07) is 4.37. The molecule has 3 rings (SSSR count). The molecule has 0 spiro atoms. The minimum absolute atomic E-state index is 0.187. The van der Waals surface area contributed by atoms with Crippen LogP contribution < -0.4 is 10.1 Å². The first-order chi connectivity index (χ1) is 12.9. The van der Waals surface area contributed by atoms with Crippen LogP contribution in [0.3, 0.4) is 0 Å². The second-order valence-corrected chi connectivity index (χ2v) is 7.86. The highest BCUT2D eigenvalue weighted by Crippen LogP contribution is 2.36. The summed E-state index contributed by atoms with van der Waals surface area (Å²) >= 11 is 1.69. The number of fused-ring (bicyclic) bond motifs is 1. The lowest BCUT2D eigenvalue weighted by Gasteiger charge is -2.28.